The van der Waals surface area contributed by atoms with Crippen LogP contribution in [-0.2, 0) is 6.42 Å². The van der Waals surface area contributed by atoms with Gasteiger partial charge in [0, 0.05) is 30.3 Å². The zero-order chi connectivity index (χ0) is 22.8. The van der Waals surface area contributed by atoms with Gasteiger partial charge in [0.2, 0.25) is 0 Å². The van der Waals surface area contributed by atoms with E-state index in [-0.39, 0.29) is 6.04 Å². The highest BCUT2D eigenvalue weighted by Crippen LogP contribution is 2.27. The van der Waals surface area contributed by atoms with Gasteiger partial charge in [0.15, 0.2) is 0 Å². The number of aliphatic hydroxyl groups excluding tert-OH is 1. The summed E-state index contributed by atoms with van der Waals surface area (Å²) in [5.41, 5.74) is 9.08. The molecule has 0 fully saturated rings. The van der Waals surface area contributed by atoms with E-state index in [4.69, 9.17) is 5.73 Å². The van der Waals surface area contributed by atoms with Crippen LogP contribution in [-0.4, -0.2) is 36.4 Å². The molecule has 2 aromatic carbocycles. The van der Waals surface area contributed by atoms with E-state index in [1.165, 1.54) is 5.56 Å². The van der Waals surface area contributed by atoms with Gasteiger partial charge >= 0.3 is 0 Å². The van der Waals surface area contributed by atoms with Crippen LogP contribution in [0.1, 0.15) is 71.6 Å². The summed E-state index contributed by atoms with van der Waals surface area (Å²) in [4.78, 5) is 22.7. The first-order valence-corrected chi connectivity index (χ1v) is 11.0. The number of amides is 1. The summed E-state index contributed by atoms with van der Waals surface area (Å²) in [6.07, 6.45) is 2.82. The molecule has 1 amide bonds. The van der Waals surface area contributed by atoms with Crippen LogP contribution in [0.25, 0.3) is 0 Å². The molecular weight excluding hydrogens is 390 g/mol. The van der Waals surface area contributed by atoms with Gasteiger partial charge in [0.1, 0.15) is 6.29 Å². The lowest BCUT2D eigenvalue weighted by atomic mass is 9.99. The summed E-state index contributed by atoms with van der Waals surface area (Å²) in [6, 6.07) is 13.1. The number of carbonyl (C=O) groups excluding carboxylic acids is 2. The van der Waals surface area contributed by atoms with Crippen LogP contribution in [0.4, 0.5) is 5.69 Å². The molecule has 0 bridgehead atoms. The number of rotatable bonds is 13. The molecule has 0 saturated heterocycles. The first-order chi connectivity index (χ1) is 14.8. The second kappa shape index (κ2) is 12.2. The molecule has 168 valence electrons. The Labute approximate surface area is 185 Å². The summed E-state index contributed by atoms with van der Waals surface area (Å²) in [6.45, 7) is 7.33. The third kappa shape index (κ3) is 7.49. The Morgan fingerprint density at radius 2 is 1.84 bits per heavy atom. The Bertz CT molecular complexity index is 850. The maximum Gasteiger partial charge on any atom is 0.250 e. The SMILES string of the molecule is CCC(CCc1ccc(C=O)cc1)NCC(O)c1cccc(C(N)=O)c1NCC(C)C. The molecule has 6 nitrogen and oxygen atoms in total. The molecule has 0 heterocycles. The smallest absolute Gasteiger partial charge is 0.250 e. The van der Waals surface area contributed by atoms with E-state index in [1.807, 2.05) is 30.3 Å². The van der Waals surface area contributed by atoms with Gasteiger partial charge in [0.25, 0.3) is 5.91 Å². The Morgan fingerprint density at radius 1 is 1.13 bits per heavy atom. The summed E-state index contributed by atoms with van der Waals surface area (Å²) in [5.74, 6) is -0.130. The second-order valence-electron chi connectivity index (χ2n) is 8.34. The van der Waals surface area contributed by atoms with E-state index in [2.05, 4.69) is 31.4 Å². The Morgan fingerprint density at radius 3 is 2.42 bits per heavy atom. The number of para-hydroxylation sites is 1. The normalized spacial score (nSPS) is 13.1. The summed E-state index contributed by atoms with van der Waals surface area (Å²) in [5, 5.41) is 17.6. The predicted molar refractivity (Wildman–Crippen MR) is 125 cm³/mol. The van der Waals surface area contributed by atoms with Crippen LogP contribution in [0.2, 0.25) is 0 Å². The van der Waals surface area contributed by atoms with Crippen LogP contribution >= 0.6 is 0 Å². The third-order valence-electron chi connectivity index (χ3n) is 5.40. The highest BCUT2D eigenvalue weighted by Gasteiger charge is 2.19. The van der Waals surface area contributed by atoms with E-state index >= 15 is 0 Å². The summed E-state index contributed by atoms with van der Waals surface area (Å²) >= 11 is 0. The van der Waals surface area contributed by atoms with Crippen molar-refractivity contribution in [2.24, 2.45) is 11.7 Å². The topological polar surface area (TPSA) is 104 Å². The molecule has 0 radical (unpaired) electrons. The number of benzene rings is 2. The first kappa shape index (κ1) is 24.6. The zero-order valence-electron chi connectivity index (χ0n) is 18.7. The number of primary amides is 1. The molecule has 5 N–H and O–H groups in total. The quantitative estimate of drug-likeness (QED) is 0.366. The minimum absolute atomic E-state index is 0.242. The lowest BCUT2D eigenvalue weighted by Gasteiger charge is -2.23. The van der Waals surface area contributed by atoms with Crippen molar-refractivity contribution in [1.82, 2.24) is 5.32 Å². The molecule has 0 aliphatic carbocycles. The lowest BCUT2D eigenvalue weighted by molar-refractivity contribution is 0.1000. The van der Waals surface area contributed by atoms with Crippen molar-refractivity contribution in [3.63, 3.8) is 0 Å². The zero-order valence-corrected chi connectivity index (χ0v) is 18.7. The number of nitrogens with one attached hydrogen (secondary N) is 2. The van der Waals surface area contributed by atoms with E-state index in [9.17, 15) is 14.7 Å². The number of hydrogen-bond acceptors (Lipinski definition) is 5. The van der Waals surface area contributed by atoms with Crippen molar-refractivity contribution >= 4 is 17.9 Å². The van der Waals surface area contributed by atoms with Crippen LogP contribution in [0.15, 0.2) is 42.5 Å². The fourth-order valence-electron chi connectivity index (χ4n) is 3.50. The molecule has 0 aliphatic heterocycles. The van der Waals surface area contributed by atoms with Crippen molar-refractivity contribution in [2.45, 2.75) is 52.2 Å². The van der Waals surface area contributed by atoms with E-state index < -0.39 is 12.0 Å². The number of anilines is 1. The number of aldehydes is 1. The van der Waals surface area contributed by atoms with Gasteiger partial charge in [-0.25, -0.2) is 0 Å². The fourth-order valence-corrected chi connectivity index (χ4v) is 3.50. The maximum absolute atomic E-state index is 11.9. The van der Waals surface area contributed by atoms with Gasteiger partial charge in [-0.1, -0.05) is 57.2 Å². The van der Waals surface area contributed by atoms with Gasteiger partial charge < -0.3 is 21.5 Å². The van der Waals surface area contributed by atoms with Crippen LogP contribution in [0.3, 0.4) is 0 Å². The summed E-state index contributed by atoms with van der Waals surface area (Å²) in [7, 11) is 0. The van der Waals surface area contributed by atoms with Crippen LogP contribution in [0.5, 0.6) is 0 Å². The monoisotopic (exact) mass is 425 g/mol. The van der Waals surface area contributed by atoms with Crippen molar-refractivity contribution in [3.8, 4) is 0 Å². The summed E-state index contributed by atoms with van der Waals surface area (Å²) < 4.78 is 0. The number of nitrogens with two attached hydrogens (primary N) is 1. The molecule has 2 aromatic rings. The lowest BCUT2D eigenvalue weighted by Crippen LogP contribution is -2.33. The fraction of sp³-hybridized carbons (Fsp3) is 0.440. The van der Waals surface area contributed by atoms with Crippen molar-refractivity contribution in [2.75, 3.05) is 18.4 Å². The molecule has 0 saturated carbocycles. The van der Waals surface area contributed by atoms with Gasteiger partial charge in [-0.3, -0.25) is 9.59 Å². The molecule has 0 spiro atoms. The largest absolute Gasteiger partial charge is 0.387 e. The van der Waals surface area contributed by atoms with E-state index in [0.29, 0.717) is 41.4 Å². The van der Waals surface area contributed by atoms with Crippen molar-refractivity contribution in [3.05, 3.63) is 64.7 Å². The number of carbonyl (C=O) groups is 2. The Hall–Kier alpha value is -2.70. The maximum atomic E-state index is 11.9. The van der Waals surface area contributed by atoms with Crippen molar-refractivity contribution in [1.29, 1.82) is 0 Å². The Balaban J connectivity index is 2.02. The van der Waals surface area contributed by atoms with Gasteiger partial charge in [0.05, 0.1) is 17.4 Å². The average Bonchev–Trinajstić information content (AvgIpc) is 2.77. The molecule has 31 heavy (non-hydrogen) atoms. The van der Waals surface area contributed by atoms with Gasteiger partial charge in [-0.05, 0) is 36.8 Å². The van der Waals surface area contributed by atoms with E-state index in [1.54, 1.807) is 12.1 Å². The number of aryl methyl sites for hydroxylation is 1. The second-order valence-corrected chi connectivity index (χ2v) is 8.34. The molecule has 0 aliphatic rings. The average molecular weight is 426 g/mol. The molecule has 2 rings (SSSR count). The van der Waals surface area contributed by atoms with Gasteiger partial charge in [-0.15, -0.1) is 0 Å². The minimum Gasteiger partial charge on any atom is -0.387 e. The number of hydrogen-bond donors (Lipinski definition) is 4. The van der Waals surface area contributed by atoms with Crippen molar-refractivity contribution < 1.29 is 14.7 Å². The molecule has 2 atom stereocenters. The van der Waals surface area contributed by atoms with E-state index in [0.717, 1.165) is 25.5 Å². The van der Waals surface area contributed by atoms with Gasteiger partial charge in [-0.2, -0.15) is 0 Å². The Kier molecular flexibility index (Phi) is 9.69. The molecular formula is C25H35N3O3. The molecule has 0 aromatic heterocycles. The molecule has 2 unspecified atom stereocenters. The molecule has 6 heteroatoms. The third-order valence-corrected chi connectivity index (χ3v) is 5.40. The highest BCUT2D eigenvalue weighted by atomic mass is 16.3. The van der Waals surface area contributed by atoms with Crippen LogP contribution < -0.4 is 16.4 Å². The minimum atomic E-state index is -0.769. The predicted octanol–water partition coefficient (Wildman–Crippen LogP) is 3.70. The number of aliphatic hydroxyl groups is 1. The standard InChI is InChI=1S/C25H35N3O3/c1-4-20(13-12-18-8-10-19(16-29)11-9-18)27-15-23(30)21-6-5-7-22(25(26)31)24(21)28-14-17(2)3/h5-11,16-17,20,23,27-28,30H,4,12-15H2,1-3H3,(H2,26,31). The highest BCUT2D eigenvalue weighted by molar-refractivity contribution is 5.99. The van der Waals surface area contributed by atoms with Crippen LogP contribution in [0, 0.1) is 5.92 Å². The first-order valence-electron chi connectivity index (χ1n) is 11.0.